The second-order valence-electron chi connectivity index (χ2n) is 3.63. The van der Waals surface area contributed by atoms with Crippen LogP contribution in [0.5, 0.6) is 0 Å². The summed E-state index contributed by atoms with van der Waals surface area (Å²) in [4.78, 5) is 11.3. The maximum atomic E-state index is 11.3. The van der Waals surface area contributed by atoms with E-state index in [0.717, 1.165) is 19.3 Å². The van der Waals surface area contributed by atoms with Crippen LogP contribution < -0.4 is 11.1 Å². The maximum absolute atomic E-state index is 11.3. The van der Waals surface area contributed by atoms with E-state index >= 15 is 0 Å². The van der Waals surface area contributed by atoms with Crippen LogP contribution in [0.1, 0.15) is 25.7 Å². The summed E-state index contributed by atoms with van der Waals surface area (Å²) in [5.74, 6) is 0.0972. The van der Waals surface area contributed by atoms with Crippen LogP contribution in [0.25, 0.3) is 0 Å². The highest BCUT2D eigenvalue weighted by Crippen LogP contribution is 2.33. The monoisotopic (exact) mass is 186 g/mol. The van der Waals surface area contributed by atoms with Gasteiger partial charge in [0.25, 0.3) is 0 Å². The SMILES string of the molecule is COCCCC(=O)NC1(CN)CC1. The molecular formula is C9H18N2O2. The summed E-state index contributed by atoms with van der Waals surface area (Å²) in [5.41, 5.74) is 5.48. The Labute approximate surface area is 78.8 Å². The molecule has 1 aliphatic carbocycles. The van der Waals surface area contributed by atoms with Crippen LogP contribution in [0, 0.1) is 0 Å². The molecule has 0 aromatic carbocycles. The van der Waals surface area contributed by atoms with Gasteiger partial charge in [-0.2, -0.15) is 0 Å². The van der Waals surface area contributed by atoms with Gasteiger partial charge in [-0.25, -0.2) is 0 Å². The predicted molar refractivity (Wildman–Crippen MR) is 50.3 cm³/mol. The second-order valence-corrected chi connectivity index (χ2v) is 3.63. The lowest BCUT2D eigenvalue weighted by Gasteiger charge is -2.14. The van der Waals surface area contributed by atoms with Crippen molar-refractivity contribution in [1.82, 2.24) is 5.32 Å². The Bertz CT molecular complexity index is 178. The first-order chi connectivity index (χ1) is 6.22. The summed E-state index contributed by atoms with van der Waals surface area (Å²) < 4.78 is 4.86. The van der Waals surface area contributed by atoms with Gasteiger partial charge in [0, 0.05) is 26.7 Å². The van der Waals surface area contributed by atoms with Crippen LogP contribution in [-0.2, 0) is 9.53 Å². The van der Waals surface area contributed by atoms with E-state index in [-0.39, 0.29) is 11.4 Å². The Kier molecular flexibility index (Phi) is 3.69. The van der Waals surface area contributed by atoms with E-state index in [2.05, 4.69) is 5.32 Å². The van der Waals surface area contributed by atoms with E-state index in [4.69, 9.17) is 10.5 Å². The summed E-state index contributed by atoms with van der Waals surface area (Å²) in [6, 6.07) is 0. The van der Waals surface area contributed by atoms with Crippen molar-refractivity contribution in [2.45, 2.75) is 31.2 Å². The molecule has 1 fully saturated rings. The van der Waals surface area contributed by atoms with Gasteiger partial charge in [-0.1, -0.05) is 0 Å². The van der Waals surface area contributed by atoms with Crippen molar-refractivity contribution in [3.63, 3.8) is 0 Å². The van der Waals surface area contributed by atoms with Crippen molar-refractivity contribution in [2.75, 3.05) is 20.3 Å². The van der Waals surface area contributed by atoms with Gasteiger partial charge in [0.15, 0.2) is 0 Å². The first kappa shape index (κ1) is 10.5. The van der Waals surface area contributed by atoms with Crippen LogP contribution in [0.15, 0.2) is 0 Å². The molecule has 0 aromatic heterocycles. The van der Waals surface area contributed by atoms with E-state index in [9.17, 15) is 4.79 Å². The zero-order chi connectivity index (χ0) is 9.73. The molecule has 0 aromatic rings. The number of nitrogens with one attached hydrogen (secondary N) is 1. The molecule has 4 nitrogen and oxygen atoms in total. The molecule has 1 aliphatic rings. The van der Waals surface area contributed by atoms with Gasteiger partial charge in [-0.3, -0.25) is 4.79 Å². The fourth-order valence-electron chi connectivity index (χ4n) is 1.27. The van der Waals surface area contributed by atoms with Crippen LogP contribution in [0.3, 0.4) is 0 Å². The molecule has 3 N–H and O–H groups in total. The maximum Gasteiger partial charge on any atom is 0.220 e. The molecule has 1 rings (SSSR count). The average Bonchev–Trinajstić information content (AvgIpc) is 2.86. The zero-order valence-electron chi connectivity index (χ0n) is 8.14. The average molecular weight is 186 g/mol. The van der Waals surface area contributed by atoms with Gasteiger partial charge in [0.1, 0.15) is 0 Å². The summed E-state index contributed by atoms with van der Waals surface area (Å²) in [6.07, 6.45) is 3.37. The number of hydrogen-bond donors (Lipinski definition) is 2. The van der Waals surface area contributed by atoms with Crippen LogP contribution >= 0.6 is 0 Å². The van der Waals surface area contributed by atoms with Crippen molar-refractivity contribution in [3.8, 4) is 0 Å². The molecule has 1 saturated carbocycles. The zero-order valence-corrected chi connectivity index (χ0v) is 8.14. The topological polar surface area (TPSA) is 64.3 Å². The predicted octanol–water partition coefficient (Wildman–Crippen LogP) is 0.0205. The van der Waals surface area contributed by atoms with Gasteiger partial charge in [0.2, 0.25) is 5.91 Å². The normalized spacial score (nSPS) is 18.3. The lowest BCUT2D eigenvalue weighted by molar-refractivity contribution is -0.122. The number of rotatable bonds is 6. The smallest absolute Gasteiger partial charge is 0.220 e. The van der Waals surface area contributed by atoms with Gasteiger partial charge >= 0.3 is 0 Å². The number of ether oxygens (including phenoxy) is 1. The molecule has 0 heterocycles. The molecule has 0 atom stereocenters. The lowest BCUT2D eigenvalue weighted by atomic mass is 10.2. The number of hydrogen-bond acceptors (Lipinski definition) is 3. The third-order valence-electron chi connectivity index (χ3n) is 2.40. The quantitative estimate of drug-likeness (QED) is 0.575. The molecule has 0 aliphatic heterocycles. The van der Waals surface area contributed by atoms with Crippen molar-refractivity contribution in [1.29, 1.82) is 0 Å². The van der Waals surface area contributed by atoms with Gasteiger partial charge in [-0.15, -0.1) is 0 Å². The van der Waals surface area contributed by atoms with E-state index in [1.54, 1.807) is 7.11 Å². The third-order valence-corrected chi connectivity index (χ3v) is 2.40. The number of methoxy groups -OCH3 is 1. The summed E-state index contributed by atoms with van der Waals surface area (Å²) in [5, 5.41) is 2.96. The molecule has 76 valence electrons. The number of carbonyl (C=O) groups excluding carboxylic acids is 1. The van der Waals surface area contributed by atoms with Crippen molar-refractivity contribution in [2.24, 2.45) is 5.73 Å². The molecular weight excluding hydrogens is 168 g/mol. The summed E-state index contributed by atoms with van der Waals surface area (Å²) in [6.45, 7) is 1.20. The van der Waals surface area contributed by atoms with Crippen LogP contribution in [0.4, 0.5) is 0 Å². The third kappa shape index (κ3) is 3.32. The Morgan fingerprint density at radius 2 is 2.31 bits per heavy atom. The van der Waals surface area contributed by atoms with E-state index < -0.39 is 0 Å². The molecule has 0 spiro atoms. The molecule has 1 amide bonds. The van der Waals surface area contributed by atoms with E-state index in [1.165, 1.54) is 0 Å². The molecule has 0 radical (unpaired) electrons. The van der Waals surface area contributed by atoms with Gasteiger partial charge in [0.05, 0.1) is 5.54 Å². The van der Waals surface area contributed by atoms with Crippen molar-refractivity contribution in [3.05, 3.63) is 0 Å². The van der Waals surface area contributed by atoms with E-state index in [1.807, 2.05) is 0 Å². The first-order valence-electron chi connectivity index (χ1n) is 4.72. The van der Waals surface area contributed by atoms with Crippen molar-refractivity contribution >= 4 is 5.91 Å². The van der Waals surface area contributed by atoms with Gasteiger partial charge in [-0.05, 0) is 19.3 Å². The molecule has 0 unspecified atom stereocenters. The Hall–Kier alpha value is -0.610. The lowest BCUT2D eigenvalue weighted by Crippen LogP contribution is -2.42. The fraction of sp³-hybridized carbons (Fsp3) is 0.889. The van der Waals surface area contributed by atoms with Crippen LogP contribution in [0.2, 0.25) is 0 Å². The highest BCUT2D eigenvalue weighted by Gasteiger charge is 2.42. The van der Waals surface area contributed by atoms with Crippen LogP contribution in [-0.4, -0.2) is 31.7 Å². The van der Waals surface area contributed by atoms with Crippen molar-refractivity contribution < 1.29 is 9.53 Å². The Morgan fingerprint density at radius 3 is 2.77 bits per heavy atom. The fourth-order valence-corrected chi connectivity index (χ4v) is 1.27. The Morgan fingerprint density at radius 1 is 1.62 bits per heavy atom. The first-order valence-corrected chi connectivity index (χ1v) is 4.72. The molecule has 13 heavy (non-hydrogen) atoms. The molecule has 0 saturated heterocycles. The number of carbonyl (C=O) groups is 1. The van der Waals surface area contributed by atoms with Gasteiger partial charge < -0.3 is 15.8 Å². The minimum absolute atomic E-state index is 0.0514. The largest absolute Gasteiger partial charge is 0.385 e. The highest BCUT2D eigenvalue weighted by molar-refractivity contribution is 5.77. The number of nitrogens with two attached hydrogens (primary N) is 1. The Balaban J connectivity index is 2.11. The summed E-state index contributed by atoms with van der Waals surface area (Å²) >= 11 is 0. The highest BCUT2D eigenvalue weighted by atomic mass is 16.5. The second kappa shape index (κ2) is 4.58. The number of amides is 1. The molecule has 4 heteroatoms. The molecule has 0 bridgehead atoms. The minimum atomic E-state index is -0.0514. The van der Waals surface area contributed by atoms with E-state index in [0.29, 0.717) is 19.6 Å². The standard InChI is InChI=1S/C9H18N2O2/c1-13-6-2-3-8(12)11-9(7-10)4-5-9/h2-7,10H2,1H3,(H,11,12). The minimum Gasteiger partial charge on any atom is -0.385 e. The summed E-state index contributed by atoms with van der Waals surface area (Å²) in [7, 11) is 1.64.